The first-order valence-electron chi connectivity index (χ1n) is 11.7. The number of hydrogen-bond acceptors (Lipinski definition) is 3. The van der Waals surface area contributed by atoms with Crippen molar-refractivity contribution in [3.63, 3.8) is 0 Å². The van der Waals surface area contributed by atoms with Gasteiger partial charge in [0, 0.05) is 0 Å². The van der Waals surface area contributed by atoms with Crippen LogP contribution in [0.3, 0.4) is 0 Å². The molecule has 0 amide bonds. The first-order valence-corrected chi connectivity index (χ1v) is 11.7. The highest BCUT2D eigenvalue weighted by Crippen LogP contribution is 2.25. The van der Waals surface area contributed by atoms with Crippen LogP contribution in [0.4, 0.5) is 4.79 Å². The Hall–Kier alpha value is -3.85. The monoisotopic (exact) mass is 450 g/mol. The Morgan fingerprint density at radius 2 is 0.912 bits per heavy atom. The van der Waals surface area contributed by atoms with E-state index in [4.69, 9.17) is 9.47 Å². The fraction of sp³-hybridized carbons (Fsp3) is 0.194. The van der Waals surface area contributed by atoms with E-state index in [1.54, 1.807) is 0 Å². The van der Waals surface area contributed by atoms with E-state index in [1.807, 2.05) is 60.7 Å². The van der Waals surface area contributed by atoms with Gasteiger partial charge < -0.3 is 9.47 Å². The Morgan fingerprint density at radius 3 is 1.26 bits per heavy atom. The van der Waals surface area contributed by atoms with Crippen molar-refractivity contribution < 1.29 is 14.3 Å². The summed E-state index contributed by atoms with van der Waals surface area (Å²) in [7, 11) is 0. The molecule has 0 aliphatic rings. The van der Waals surface area contributed by atoms with E-state index < -0.39 is 6.16 Å². The third kappa shape index (κ3) is 6.58. The molecule has 0 N–H and O–H groups in total. The third-order valence-electron chi connectivity index (χ3n) is 6.07. The van der Waals surface area contributed by atoms with Gasteiger partial charge in [0.1, 0.15) is 11.5 Å². The molecule has 0 unspecified atom stereocenters. The highest BCUT2D eigenvalue weighted by Gasteiger charge is 2.12. The van der Waals surface area contributed by atoms with Crippen molar-refractivity contribution in [2.75, 3.05) is 0 Å². The molecule has 0 radical (unpaired) electrons. The zero-order valence-electron chi connectivity index (χ0n) is 19.7. The van der Waals surface area contributed by atoms with Crippen molar-refractivity contribution in [3.8, 4) is 11.5 Å². The molecule has 0 spiro atoms. The molecule has 0 aromatic heterocycles. The van der Waals surface area contributed by atoms with Crippen LogP contribution >= 0.6 is 0 Å². The summed E-state index contributed by atoms with van der Waals surface area (Å²) in [6, 6.07) is 36.1. The van der Waals surface area contributed by atoms with Crippen LogP contribution in [0.2, 0.25) is 0 Å². The number of carbonyl (C=O) groups is 1. The molecule has 0 fully saturated rings. The maximum atomic E-state index is 12.3. The van der Waals surface area contributed by atoms with Gasteiger partial charge in [-0.2, -0.15) is 0 Å². The molecule has 0 heterocycles. The largest absolute Gasteiger partial charge is 0.519 e. The maximum absolute atomic E-state index is 12.3. The van der Waals surface area contributed by atoms with Crippen LogP contribution in [0.25, 0.3) is 0 Å². The highest BCUT2D eigenvalue weighted by atomic mass is 16.7. The van der Waals surface area contributed by atoms with Gasteiger partial charge in [0.15, 0.2) is 0 Å². The molecular formula is C31H30O3. The van der Waals surface area contributed by atoms with Gasteiger partial charge in [-0.25, -0.2) is 4.79 Å². The summed E-state index contributed by atoms with van der Waals surface area (Å²) in [4.78, 5) is 12.3. The third-order valence-corrected chi connectivity index (χ3v) is 6.07. The number of ether oxygens (including phenoxy) is 2. The first kappa shape index (κ1) is 23.3. The molecule has 0 saturated carbocycles. The maximum Gasteiger partial charge on any atom is 0.519 e. The molecule has 0 bridgehead atoms. The Labute approximate surface area is 202 Å². The summed E-state index contributed by atoms with van der Waals surface area (Å²) in [5.74, 6) is 1.67. The Kier molecular flexibility index (Phi) is 7.77. The number of rotatable bonds is 8. The van der Waals surface area contributed by atoms with E-state index in [-0.39, 0.29) is 0 Å². The molecule has 34 heavy (non-hydrogen) atoms. The zero-order chi connectivity index (χ0) is 23.8. The standard InChI is InChI=1S/C31H30O3/c1-23(21-25-9-5-3-6-10-25)27-13-17-29(18-14-27)33-31(32)34-30-19-15-28(16-20-30)24(2)22-26-11-7-4-8-12-26/h3-20,23-24H,21-22H2,1-2H3/t23-,24-/m0/s1. The average molecular weight is 451 g/mol. The summed E-state index contributed by atoms with van der Waals surface area (Å²) in [5, 5.41) is 0. The lowest BCUT2D eigenvalue weighted by atomic mass is 9.94. The molecule has 4 rings (SSSR count). The predicted octanol–water partition coefficient (Wildman–Crippen LogP) is 7.96. The Morgan fingerprint density at radius 1 is 0.559 bits per heavy atom. The molecule has 172 valence electrons. The second-order valence-electron chi connectivity index (χ2n) is 8.77. The summed E-state index contributed by atoms with van der Waals surface area (Å²) >= 11 is 0. The van der Waals surface area contributed by atoms with Gasteiger partial charge in [-0.05, 0) is 71.2 Å². The number of carbonyl (C=O) groups excluding carboxylic acids is 1. The van der Waals surface area contributed by atoms with Crippen molar-refractivity contribution >= 4 is 6.16 Å². The van der Waals surface area contributed by atoms with E-state index >= 15 is 0 Å². The average Bonchev–Trinajstić information content (AvgIpc) is 2.86. The summed E-state index contributed by atoms with van der Waals surface area (Å²) in [6.07, 6.45) is 1.18. The Bertz CT molecular complexity index is 1070. The minimum absolute atomic E-state index is 0.367. The van der Waals surface area contributed by atoms with E-state index in [0.29, 0.717) is 23.3 Å². The van der Waals surface area contributed by atoms with Crippen LogP contribution in [0.5, 0.6) is 11.5 Å². The lowest BCUT2D eigenvalue weighted by molar-refractivity contribution is 0.152. The summed E-state index contributed by atoms with van der Waals surface area (Å²) < 4.78 is 10.7. The molecule has 3 nitrogen and oxygen atoms in total. The topological polar surface area (TPSA) is 35.5 Å². The van der Waals surface area contributed by atoms with Gasteiger partial charge in [-0.3, -0.25) is 0 Å². The van der Waals surface area contributed by atoms with Crippen LogP contribution < -0.4 is 9.47 Å². The summed E-state index contributed by atoms with van der Waals surface area (Å²) in [6.45, 7) is 4.39. The van der Waals surface area contributed by atoms with Gasteiger partial charge in [0.25, 0.3) is 0 Å². The van der Waals surface area contributed by atoms with E-state index in [0.717, 1.165) is 12.8 Å². The van der Waals surface area contributed by atoms with Crippen LogP contribution in [-0.2, 0) is 12.8 Å². The van der Waals surface area contributed by atoms with E-state index in [1.165, 1.54) is 22.3 Å². The van der Waals surface area contributed by atoms with Crippen molar-refractivity contribution in [2.45, 2.75) is 38.5 Å². The SMILES string of the molecule is C[C@@H](Cc1ccccc1)c1ccc(OC(=O)Oc2ccc([C@@H](C)Cc3ccccc3)cc2)cc1. The van der Waals surface area contributed by atoms with Crippen molar-refractivity contribution in [2.24, 2.45) is 0 Å². The van der Waals surface area contributed by atoms with Crippen molar-refractivity contribution in [3.05, 3.63) is 131 Å². The first-order chi connectivity index (χ1) is 16.6. The van der Waals surface area contributed by atoms with Crippen LogP contribution in [0, 0.1) is 0 Å². The minimum atomic E-state index is -0.741. The molecular weight excluding hydrogens is 420 g/mol. The number of benzene rings is 4. The smallest absolute Gasteiger partial charge is 0.395 e. The molecule has 4 aromatic rings. The quantitative estimate of drug-likeness (QED) is 0.202. The van der Waals surface area contributed by atoms with Gasteiger partial charge in [0.2, 0.25) is 0 Å². The Balaban J connectivity index is 1.28. The zero-order valence-corrected chi connectivity index (χ0v) is 19.7. The molecule has 0 aliphatic carbocycles. The fourth-order valence-corrected chi connectivity index (χ4v) is 4.11. The normalized spacial score (nSPS) is 12.5. The molecule has 2 atom stereocenters. The second kappa shape index (κ2) is 11.3. The molecule has 0 saturated heterocycles. The predicted molar refractivity (Wildman–Crippen MR) is 137 cm³/mol. The highest BCUT2D eigenvalue weighted by molar-refractivity contribution is 5.67. The molecule has 0 aliphatic heterocycles. The molecule has 4 aromatic carbocycles. The van der Waals surface area contributed by atoms with Gasteiger partial charge in [0.05, 0.1) is 0 Å². The molecule has 3 heteroatoms. The lowest BCUT2D eigenvalue weighted by Gasteiger charge is -2.13. The van der Waals surface area contributed by atoms with E-state index in [9.17, 15) is 4.79 Å². The van der Waals surface area contributed by atoms with Gasteiger partial charge in [-0.15, -0.1) is 0 Å². The van der Waals surface area contributed by atoms with Crippen LogP contribution in [-0.4, -0.2) is 6.16 Å². The second-order valence-corrected chi connectivity index (χ2v) is 8.77. The minimum Gasteiger partial charge on any atom is -0.395 e. The van der Waals surface area contributed by atoms with Crippen molar-refractivity contribution in [1.29, 1.82) is 0 Å². The van der Waals surface area contributed by atoms with Crippen LogP contribution in [0.1, 0.15) is 47.9 Å². The van der Waals surface area contributed by atoms with Gasteiger partial charge in [-0.1, -0.05) is 98.8 Å². The van der Waals surface area contributed by atoms with Crippen LogP contribution in [0.15, 0.2) is 109 Å². The summed E-state index contributed by atoms with van der Waals surface area (Å²) in [5.41, 5.74) is 5.01. The van der Waals surface area contributed by atoms with Crippen molar-refractivity contribution in [1.82, 2.24) is 0 Å². The number of hydrogen-bond donors (Lipinski definition) is 0. The van der Waals surface area contributed by atoms with E-state index in [2.05, 4.69) is 62.4 Å². The van der Waals surface area contributed by atoms with Gasteiger partial charge >= 0.3 is 6.16 Å². The fourth-order valence-electron chi connectivity index (χ4n) is 4.11. The lowest BCUT2D eigenvalue weighted by Crippen LogP contribution is -2.13.